The minimum absolute atomic E-state index is 0.000940. The zero-order chi connectivity index (χ0) is 20.4. The molecule has 1 aliphatic heterocycles. The lowest BCUT2D eigenvalue weighted by Crippen LogP contribution is -2.30. The number of halogens is 1. The summed E-state index contributed by atoms with van der Waals surface area (Å²) < 4.78 is 29.3. The van der Waals surface area contributed by atoms with Crippen molar-refractivity contribution in [2.45, 2.75) is 23.5 Å². The van der Waals surface area contributed by atoms with Crippen LogP contribution in [-0.4, -0.2) is 30.5 Å². The molecule has 0 atom stereocenters. The Kier molecular flexibility index (Phi) is 5.78. The highest BCUT2D eigenvalue weighted by Gasteiger charge is 2.38. The lowest BCUT2D eigenvalue weighted by atomic mass is 10.2. The second-order valence-corrected chi connectivity index (χ2v) is 9.87. The number of hydrogen-bond acceptors (Lipinski definition) is 7. The first kappa shape index (κ1) is 20.4. The zero-order valence-corrected chi connectivity index (χ0v) is 17.3. The average molecular weight is 438 g/mol. The topological polar surface area (TPSA) is 97.2 Å². The van der Waals surface area contributed by atoms with E-state index < -0.39 is 14.9 Å². The monoisotopic (exact) mass is 437 g/mol. The van der Waals surface area contributed by atoms with E-state index in [2.05, 4.69) is 15.5 Å². The molecule has 2 aromatic carbocycles. The number of nitrogens with zero attached hydrogens (tertiary/aromatic N) is 2. The first-order valence-electron chi connectivity index (χ1n) is 8.07. The molecule has 1 saturated heterocycles. The molecule has 7 nitrogen and oxygen atoms in total. The van der Waals surface area contributed by atoms with Gasteiger partial charge in [0.2, 0.25) is 5.91 Å². The number of amides is 1. The Labute approximate surface area is 172 Å². The Morgan fingerprint density at radius 2 is 1.89 bits per heavy atom. The molecule has 2 aromatic rings. The van der Waals surface area contributed by atoms with Crippen molar-refractivity contribution in [3.8, 4) is 5.75 Å². The van der Waals surface area contributed by atoms with Crippen LogP contribution in [0.25, 0.3) is 0 Å². The van der Waals surface area contributed by atoms with E-state index in [1.165, 1.54) is 54.4 Å². The van der Waals surface area contributed by atoms with Crippen molar-refractivity contribution in [1.82, 2.24) is 5.32 Å². The molecule has 0 spiro atoms. The smallest absolute Gasteiger partial charge is 0.339 e. The van der Waals surface area contributed by atoms with Crippen molar-refractivity contribution in [1.29, 1.82) is 0 Å². The molecule has 0 bridgehead atoms. The third kappa shape index (κ3) is 4.92. The van der Waals surface area contributed by atoms with Crippen LogP contribution >= 0.6 is 23.4 Å². The standard InChI is InChI=1S/C18H16ClN3O4S2/c1-18(2)16(23)21-17(27-18)22-20-11-12-4-3-5-14(10-12)26-28(24,25)15-8-6-13(19)7-9-15/h3-11H,1-2H3,(H,21,22,23)/b20-11-. The molecule has 1 aliphatic rings. The van der Waals surface area contributed by atoms with Crippen LogP contribution in [0.3, 0.4) is 0 Å². The van der Waals surface area contributed by atoms with Crippen molar-refractivity contribution in [3.05, 3.63) is 59.1 Å². The molecule has 146 valence electrons. The van der Waals surface area contributed by atoms with Crippen LogP contribution in [0.4, 0.5) is 0 Å². The van der Waals surface area contributed by atoms with E-state index in [4.69, 9.17) is 15.8 Å². The van der Waals surface area contributed by atoms with Gasteiger partial charge in [-0.2, -0.15) is 13.5 Å². The summed E-state index contributed by atoms with van der Waals surface area (Å²) in [4.78, 5) is 11.7. The molecular weight excluding hydrogens is 422 g/mol. The van der Waals surface area contributed by atoms with Crippen molar-refractivity contribution in [2.75, 3.05) is 0 Å². The molecule has 0 saturated carbocycles. The SMILES string of the molecule is CC1(C)S/C(=N/N=C\c2cccc(OS(=O)(=O)c3ccc(Cl)cc3)c2)NC1=O. The molecule has 1 N–H and O–H groups in total. The molecule has 0 aliphatic carbocycles. The van der Waals surface area contributed by atoms with Crippen LogP contribution in [0.2, 0.25) is 5.02 Å². The predicted molar refractivity (Wildman–Crippen MR) is 111 cm³/mol. The molecule has 0 unspecified atom stereocenters. The number of thioether (sulfide) groups is 1. The van der Waals surface area contributed by atoms with Gasteiger partial charge in [-0.1, -0.05) is 35.5 Å². The van der Waals surface area contributed by atoms with Gasteiger partial charge in [-0.25, -0.2) is 0 Å². The van der Waals surface area contributed by atoms with Crippen molar-refractivity contribution in [3.63, 3.8) is 0 Å². The number of amidine groups is 1. The van der Waals surface area contributed by atoms with Crippen LogP contribution in [0.5, 0.6) is 5.75 Å². The van der Waals surface area contributed by atoms with Gasteiger partial charge in [0.1, 0.15) is 10.6 Å². The summed E-state index contributed by atoms with van der Waals surface area (Å²) in [5, 5.41) is 11.4. The van der Waals surface area contributed by atoms with Crippen LogP contribution in [0.15, 0.2) is 63.6 Å². The van der Waals surface area contributed by atoms with E-state index >= 15 is 0 Å². The first-order valence-corrected chi connectivity index (χ1v) is 10.7. The van der Waals surface area contributed by atoms with Gasteiger partial charge in [0.25, 0.3) is 0 Å². The maximum absolute atomic E-state index is 12.3. The summed E-state index contributed by atoms with van der Waals surface area (Å²) in [5.41, 5.74) is 0.585. The summed E-state index contributed by atoms with van der Waals surface area (Å²) in [6, 6.07) is 12.1. The van der Waals surface area contributed by atoms with E-state index in [1.807, 2.05) is 0 Å². The minimum atomic E-state index is -3.98. The van der Waals surface area contributed by atoms with Gasteiger partial charge >= 0.3 is 10.1 Å². The summed E-state index contributed by atoms with van der Waals surface area (Å²) in [5.74, 6) is 0.00508. The average Bonchev–Trinajstić information content (AvgIpc) is 2.87. The molecule has 1 fully saturated rings. The second-order valence-electron chi connectivity index (χ2n) is 6.28. The van der Waals surface area contributed by atoms with Crippen LogP contribution < -0.4 is 9.50 Å². The van der Waals surface area contributed by atoms with Crippen molar-refractivity contribution >= 4 is 50.8 Å². The van der Waals surface area contributed by atoms with E-state index in [1.54, 1.807) is 26.0 Å². The lowest BCUT2D eigenvalue weighted by molar-refractivity contribution is -0.120. The minimum Gasteiger partial charge on any atom is -0.379 e. The number of carbonyl (C=O) groups excluding carboxylic acids is 1. The van der Waals surface area contributed by atoms with Gasteiger partial charge in [-0.15, -0.1) is 5.10 Å². The Hall–Kier alpha value is -2.36. The van der Waals surface area contributed by atoms with Gasteiger partial charge in [0.05, 0.1) is 11.0 Å². The van der Waals surface area contributed by atoms with E-state index in [0.717, 1.165) is 0 Å². The van der Waals surface area contributed by atoms with Crippen LogP contribution in [0, 0.1) is 0 Å². The first-order chi connectivity index (χ1) is 13.2. The number of hydrogen-bond donors (Lipinski definition) is 1. The Morgan fingerprint density at radius 1 is 1.18 bits per heavy atom. The summed E-state index contributed by atoms with van der Waals surface area (Å²) in [7, 11) is -3.98. The molecule has 1 amide bonds. The van der Waals surface area contributed by atoms with Crippen molar-refractivity contribution < 1.29 is 17.4 Å². The van der Waals surface area contributed by atoms with E-state index in [9.17, 15) is 13.2 Å². The summed E-state index contributed by atoms with van der Waals surface area (Å²) in [6.07, 6.45) is 1.44. The predicted octanol–water partition coefficient (Wildman–Crippen LogP) is 3.44. The largest absolute Gasteiger partial charge is 0.379 e. The van der Waals surface area contributed by atoms with Crippen molar-refractivity contribution in [2.24, 2.45) is 10.2 Å². The fourth-order valence-corrected chi connectivity index (χ4v) is 4.08. The third-order valence-corrected chi connectivity index (χ3v) is 6.23. The fourth-order valence-electron chi connectivity index (χ4n) is 2.18. The third-order valence-electron chi connectivity index (χ3n) is 3.64. The maximum atomic E-state index is 12.3. The highest BCUT2D eigenvalue weighted by Crippen LogP contribution is 2.30. The van der Waals surface area contributed by atoms with Crippen LogP contribution in [-0.2, 0) is 14.9 Å². The Balaban J connectivity index is 1.72. The molecule has 0 aromatic heterocycles. The fraction of sp³-hybridized carbons (Fsp3) is 0.167. The van der Waals surface area contributed by atoms with Gasteiger partial charge < -0.3 is 9.50 Å². The summed E-state index contributed by atoms with van der Waals surface area (Å²) >= 11 is 7.06. The zero-order valence-electron chi connectivity index (χ0n) is 14.9. The molecule has 28 heavy (non-hydrogen) atoms. The highest BCUT2D eigenvalue weighted by atomic mass is 35.5. The lowest BCUT2D eigenvalue weighted by Gasteiger charge is -2.08. The second kappa shape index (κ2) is 7.94. The van der Waals surface area contributed by atoms with E-state index in [0.29, 0.717) is 15.8 Å². The molecular formula is C18H16ClN3O4S2. The Bertz CT molecular complexity index is 1060. The van der Waals surface area contributed by atoms with E-state index in [-0.39, 0.29) is 16.6 Å². The van der Waals surface area contributed by atoms with Gasteiger partial charge in [0.15, 0.2) is 5.17 Å². The molecule has 10 heteroatoms. The number of benzene rings is 2. The van der Waals surface area contributed by atoms with Gasteiger partial charge in [-0.05, 0) is 55.8 Å². The number of rotatable bonds is 5. The maximum Gasteiger partial charge on any atom is 0.339 e. The molecule has 3 rings (SSSR count). The highest BCUT2D eigenvalue weighted by molar-refractivity contribution is 8.16. The normalized spacial score (nSPS) is 17.8. The number of nitrogens with one attached hydrogen (secondary N) is 1. The van der Waals surface area contributed by atoms with Gasteiger partial charge in [-0.3, -0.25) is 4.79 Å². The molecule has 0 radical (unpaired) electrons. The quantitative estimate of drug-likeness (QED) is 0.439. The number of carbonyl (C=O) groups is 1. The van der Waals surface area contributed by atoms with Crippen LogP contribution in [0.1, 0.15) is 19.4 Å². The molecule has 1 heterocycles. The summed E-state index contributed by atoms with van der Waals surface area (Å²) in [6.45, 7) is 3.59. The Morgan fingerprint density at radius 3 is 2.54 bits per heavy atom. The van der Waals surface area contributed by atoms with Gasteiger partial charge in [0, 0.05) is 5.02 Å².